The number of carbonyl (C=O) groups is 1. The molecule has 0 aliphatic rings. The molecule has 0 aliphatic carbocycles. The van der Waals surface area contributed by atoms with Crippen molar-refractivity contribution < 1.29 is 14.6 Å². The fourth-order valence-corrected chi connectivity index (χ4v) is 1.98. The zero-order valence-electron chi connectivity index (χ0n) is 11.7. The number of rotatable bonds is 3. The summed E-state index contributed by atoms with van der Waals surface area (Å²) in [7, 11) is 1.56. The van der Waals surface area contributed by atoms with Gasteiger partial charge in [-0.2, -0.15) is 0 Å². The molecule has 0 aliphatic heterocycles. The monoisotopic (exact) mass is 271 g/mol. The molecule has 2 aromatic carbocycles. The van der Waals surface area contributed by atoms with E-state index in [9.17, 15) is 9.90 Å². The summed E-state index contributed by atoms with van der Waals surface area (Å²) in [6, 6.07) is 10.4. The van der Waals surface area contributed by atoms with E-state index in [1.54, 1.807) is 38.3 Å². The van der Waals surface area contributed by atoms with E-state index in [1.807, 2.05) is 19.1 Å². The highest BCUT2D eigenvalue weighted by Gasteiger charge is 2.13. The van der Waals surface area contributed by atoms with Gasteiger partial charge < -0.3 is 15.2 Å². The number of phenolic OH excluding ortho intramolecular Hbond substituents is 1. The Morgan fingerprint density at radius 3 is 2.65 bits per heavy atom. The van der Waals surface area contributed by atoms with E-state index in [-0.39, 0.29) is 11.7 Å². The third-order valence-electron chi connectivity index (χ3n) is 3.15. The van der Waals surface area contributed by atoms with Crippen LogP contribution in [-0.4, -0.2) is 18.1 Å². The number of aromatic hydroxyl groups is 1. The van der Waals surface area contributed by atoms with Gasteiger partial charge in [-0.25, -0.2) is 0 Å². The van der Waals surface area contributed by atoms with Crippen molar-refractivity contribution >= 4 is 11.6 Å². The minimum Gasteiger partial charge on any atom is -0.508 e. The van der Waals surface area contributed by atoms with Gasteiger partial charge in [0, 0.05) is 11.1 Å². The van der Waals surface area contributed by atoms with Crippen molar-refractivity contribution in [3.05, 3.63) is 53.1 Å². The minimum atomic E-state index is -0.276. The first-order valence-corrected chi connectivity index (χ1v) is 6.27. The highest BCUT2D eigenvalue weighted by molar-refractivity contribution is 6.06. The molecule has 20 heavy (non-hydrogen) atoms. The van der Waals surface area contributed by atoms with Crippen LogP contribution in [0.2, 0.25) is 0 Å². The summed E-state index contributed by atoms with van der Waals surface area (Å²) < 4.78 is 5.23. The summed E-state index contributed by atoms with van der Waals surface area (Å²) in [5.74, 6) is 0.429. The van der Waals surface area contributed by atoms with E-state index in [1.165, 1.54) is 0 Å². The van der Waals surface area contributed by atoms with Crippen LogP contribution in [0, 0.1) is 13.8 Å². The Hall–Kier alpha value is -2.49. The quantitative estimate of drug-likeness (QED) is 0.900. The molecular formula is C16H17NO3. The molecule has 4 heteroatoms. The molecule has 0 fully saturated rings. The molecule has 104 valence electrons. The van der Waals surface area contributed by atoms with Crippen LogP contribution in [0.3, 0.4) is 0 Å². The van der Waals surface area contributed by atoms with Crippen molar-refractivity contribution in [2.75, 3.05) is 12.4 Å². The second-order valence-corrected chi connectivity index (χ2v) is 4.61. The zero-order chi connectivity index (χ0) is 14.7. The number of hydrogen-bond acceptors (Lipinski definition) is 3. The van der Waals surface area contributed by atoms with Crippen molar-refractivity contribution in [2.45, 2.75) is 13.8 Å². The summed E-state index contributed by atoms with van der Waals surface area (Å²) in [6.07, 6.45) is 0. The zero-order valence-corrected chi connectivity index (χ0v) is 11.7. The van der Waals surface area contributed by atoms with Crippen LogP contribution in [-0.2, 0) is 0 Å². The third kappa shape index (κ3) is 2.74. The van der Waals surface area contributed by atoms with Crippen LogP contribution in [0.25, 0.3) is 0 Å². The Bertz CT molecular complexity index is 650. The molecule has 2 aromatic rings. The molecule has 0 spiro atoms. The number of nitrogens with one attached hydrogen (secondary N) is 1. The minimum absolute atomic E-state index is 0.105. The Labute approximate surface area is 118 Å². The average Bonchev–Trinajstić information content (AvgIpc) is 2.42. The number of amides is 1. The summed E-state index contributed by atoms with van der Waals surface area (Å²) in [5, 5.41) is 12.5. The van der Waals surface area contributed by atoms with Crippen LogP contribution >= 0.6 is 0 Å². The molecule has 2 rings (SSSR count). The van der Waals surface area contributed by atoms with Gasteiger partial charge in [0.25, 0.3) is 5.91 Å². The van der Waals surface area contributed by atoms with Crippen LogP contribution in [0.5, 0.6) is 11.5 Å². The van der Waals surface area contributed by atoms with Crippen LogP contribution < -0.4 is 10.1 Å². The van der Waals surface area contributed by atoms with Crippen molar-refractivity contribution in [1.29, 1.82) is 0 Å². The van der Waals surface area contributed by atoms with Crippen molar-refractivity contribution in [3.8, 4) is 11.5 Å². The molecular weight excluding hydrogens is 254 g/mol. The topological polar surface area (TPSA) is 58.6 Å². The van der Waals surface area contributed by atoms with Crippen molar-refractivity contribution in [1.82, 2.24) is 0 Å². The fourth-order valence-electron chi connectivity index (χ4n) is 1.98. The Morgan fingerprint density at radius 1 is 1.20 bits per heavy atom. The molecule has 0 unspecified atom stereocenters. The molecule has 2 N–H and O–H groups in total. The number of carbonyl (C=O) groups excluding carboxylic acids is 1. The van der Waals surface area contributed by atoms with Gasteiger partial charge in [0.15, 0.2) is 0 Å². The first kappa shape index (κ1) is 13.9. The van der Waals surface area contributed by atoms with Gasteiger partial charge in [0.1, 0.15) is 11.5 Å². The fraction of sp³-hybridized carbons (Fsp3) is 0.188. The van der Waals surface area contributed by atoms with Gasteiger partial charge >= 0.3 is 0 Å². The lowest BCUT2D eigenvalue weighted by molar-refractivity contribution is 0.102. The number of ether oxygens (including phenoxy) is 1. The van der Waals surface area contributed by atoms with E-state index in [0.717, 1.165) is 5.56 Å². The highest BCUT2D eigenvalue weighted by atomic mass is 16.5. The van der Waals surface area contributed by atoms with Gasteiger partial charge in [-0.05, 0) is 43.7 Å². The van der Waals surface area contributed by atoms with E-state index < -0.39 is 0 Å². The number of aryl methyl sites for hydroxylation is 1. The average molecular weight is 271 g/mol. The van der Waals surface area contributed by atoms with Crippen LogP contribution in [0.15, 0.2) is 36.4 Å². The number of anilines is 1. The van der Waals surface area contributed by atoms with Gasteiger partial charge in [0.05, 0.1) is 12.8 Å². The van der Waals surface area contributed by atoms with Crippen LogP contribution in [0.4, 0.5) is 5.69 Å². The SMILES string of the molecule is COc1ccc(C)cc1NC(=O)c1cccc(O)c1C. The van der Waals surface area contributed by atoms with E-state index in [0.29, 0.717) is 22.6 Å². The number of methoxy groups -OCH3 is 1. The highest BCUT2D eigenvalue weighted by Crippen LogP contribution is 2.27. The first-order chi connectivity index (χ1) is 9.52. The Morgan fingerprint density at radius 2 is 1.95 bits per heavy atom. The number of benzene rings is 2. The molecule has 1 amide bonds. The molecule has 0 radical (unpaired) electrons. The van der Waals surface area contributed by atoms with Gasteiger partial charge in [-0.1, -0.05) is 12.1 Å². The molecule has 0 aromatic heterocycles. The van der Waals surface area contributed by atoms with E-state index >= 15 is 0 Å². The third-order valence-corrected chi connectivity index (χ3v) is 3.15. The summed E-state index contributed by atoms with van der Waals surface area (Å²) in [6.45, 7) is 3.65. The lowest BCUT2D eigenvalue weighted by atomic mass is 10.1. The maximum absolute atomic E-state index is 12.3. The second kappa shape index (κ2) is 5.65. The summed E-state index contributed by atoms with van der Waals surface area (Å²) in [4.78, 5) is 12.3. The van der Waals surface area contributed by atoms with Gasteiger partial charge in [-0.3, -0.25) is 4.79 Å². The summed E-state index contributed by atoms with van der Waals surface area (Å²) >= 11 is 0. The lowest BCUT2D eigenvalue weighted by Gasteiger charge is -2.12. The molecule has 4 nitrogen and oxygen atoms in total. The predicted octanol–water partition coefficient (Wildman–Crippen LogP) is 3.27. The lowest BCUT2D eigenvalue weighted by Crippen LogP contribution is -2.14. The maximum Gasteiger partial charge on any atom is 0.256 e. The number of phenols is 1. The van der Waals surface area contributed by atoms with E-state index in [2.05, 4.69) is 5.32 Å². The molecule has 0 atom stereocenters. The van der Waals surface area contributed by atoms with Gasteiger partial charge in [0.2, 0.25) is 0 Å². The summed E-state index contributed by atoms with van der Waals surface area (Å²) in [5.41, 5.74) is 2.62. The molecule has 0 saturated heterocycles. The van der Waals surface area contributed by atoms with Crippen molar-refractivity contribution in [2.24, 2.45) is 0 Å². The van der Waals surface area contributed by atoms with Gasteiger partial charge in [-0.15, -0.1) is 0 Å². The Balaban J connectivity index is 2.32. The van der Waals surface area contributed by atoms with Crippen LogP contribution in [0.1, 0.15) is 21.5 Å². The standard InChI is InChI=1S/C16H17NO3/c1-10-7-8-15(20-3)13(9-10)17-16(19)12-5-4-6-14(18)11(12)2/h4-9,18H,1-3H3,(H,17,19). The van der Waals surface area contributed by atoms with Crippen molar-refractivity contribution in [3.63, 3.8) is 0 Å². The largest absolute Gasteiger partial charge is 0.508 e. The number of hydrogen-bond donors (Lipinski definition) is 2. The molecule has 0 bridgehead atoms. The second-order valence-electron chi connectivity index (χ2n) is 4.61. The molecule has 0 saturated carbocycles. The first-order valence-electron chi connectivity index (χ1n) is 6.27. The Kier molecular flexibility index (Phi) is 3.94. The molecule has 0 heterocycles. The maximum atomic E-state index is 12.3. The normalized spacial score (nSPS) is 10.2. The smallest absolute Gasteiger partial charge is 0.256 e. The predicted molar refractivity (Wildman–Crippen MR) is 78.5 cm³/mol. The van der Waals surface area contributed by atoms with E-state index in [4.69, 9.17) is 4.74 Å².